The van der Waals surface area contributed by atoms with Crippen molar-refractivity contribution in [2.75, 3.05) is 32.7 Å². The lowest BCUT2D eigenvalue weighted by Crippen LogP contribution is -2.53. The van der Waals surface area contributed by atoms with Crippen LogP contribution in [0.25, 0.3) is 0 Å². The SMILES string of the molecule is NCC1(C(=O)N2CCN(C3CCCC3)CC2)CC1. The highest BCUT2D eigenvalue weighted by atomic mass is 16.2. The van der Waals surface area contributed by atoms with Gasteiger partial charge in [-0.05, 0) is 25.7 Å². The number of hydrogen-bond acceptors (Lipinski definition) is 3. The quantitative estimate of drug-likeness (QED) is 0.807. The van der Waals surface area contributed by atoms with Crippen LogP contribution in [0.3, 0.4) is 0 Å². The van der Waals surface area contributed by atoms with Gasteiger partial charge in [-0.3, -0.25) is 9.69 Å². The van der Waals surface area contributed by atoms with Crippen LogP contribution < -0.4 is 5.73 Å². The van der Waals surface area contributed by atoms with Crippen molar-refractivity contribution in [3.8, 4) is 0 Å². The molecule has 4 nitrogen and oxygen atoms in total. The Morgan fingerprint density at radius 2 is 1.72 bits per heavy atom. The van der Waals surface area contributed by atoms with Gasteiger partial charge in [0.25, 0.3) is 0 Å². The summed E-state index contributed by atoms with van der Waals surface area (Å²) in [6.07, 6.45) is 7.51. The summed E-state index contributed by atoms with van der Waals surface area (Å²) in [5.41, 5.74) is 5.59. The maximum atomic E-state index is 12.4. The minimum absolute atomic E-state index is 0.157. The highest BCUT2D eigenvalue weighted by molar-refractivity contribution is 5.85. The first-order chi connectivity index (χ1) is 8.75. The van der Waals surface area contributed by atoms with Gasteiger partial charge in [-0.2, -0.15) is 0 Å². The zero-order valence-electron chi connectivity index (χ0n) is 11.2. The summed E-state index contributed by atoms with van der Waals surface area (Å²) in [4.78, 5) is 17.0. The summed E-state index contributed by atoms with van der Waals surface area (Å²) >= 11 is 0. The van der Waals surface area contributed by atoms with E-state index in [2.05, 4.69) is 9.80 Å². The van der Waals surface area contributed by atoms with E-state index in [1.807, 2.05) is 0 Å². The van der Waals surface area contributed by atoms with Crippen LogP contribution in [0.5, 0.6) is 0 Å². The normalized spacial score (nSPS) is 28.6. The molecule has 2 aliphatic carbocycles. The lowest BCUT2D eigenvalue weighted by molar-refractivity contribution is -0.138. The number of nitrogens with zero attached hydrogens (tertiary/aromatic N) is 2. The minimum atomic E-state index is -0.157. The zero-order chi connectivity index (χ0) is 12.6. The first-order valence-electron chi connectivity index (χ1n) is 7.49. The van der Waals surface area contributed by atoms with Gasteiger partial charge in [0.2, 0.25) is 5.91 Å². The molecule has 0 bridgehead atoms. The Hall–Kier alpha value is -0.610. The summed E-state index contributed by atoms with van der Waals surface area (Å²) < 4.78 is 0. The van der Waals surface area contributed by atoms with Gasteiger partial charge in [0.05, 0.1) is 5.41 Å². The summed E-state index contributed by atoms with van der Waals surface area (Å²) in [6, 6.07) is 0.798. The lowest BCUT2D eigenvalue weighted by atomic mass is 10.0. The molecule has 0 radical (unpaired) electrons. The molecular formula is C14H25N3O. The van der Waals surface area contributed by atoms with E-state index in [9.17, 15) is 4.79 Å². The minimum Gasteiger partial charge on any atom is -0.340 e. The van der Waals surface area contributed by atoms with Gasteiger partial charge in [0, 0.05) is 38.8 Å². The topological polar surface area (TPSA) is 49.6 Å². The van der Waals surface area contributed by atoms with Gasteiger partial charge in [0.1, 0.15) is 0 Å². The van der Waals surface area contributed by atoms with Crippen LogP contribution >= 0.6 is 0 Å². The Kier molecular flexibility index (Phi) is 3.32. The Morgan fingerprint density at radius 1 is 1.11 bits per heavy atom. The van der Waals surface area contributed by atoms with Gasteiger partial charge in [-0.25, -0.2) is 0 Å². The predicted molar refractivity (Wildman–Crippen MR) is 71.1 cm³/mol. The molecule has 2 saturated carbocycles. The molecule has 3 fully saturated rings. The van der Waals surface area contributed by atoms with Crippen LogP contribution in [0.15, 0.2) is 0 Å². The third kappa shape index (κ3) is 2.16. The third-order valence-electron chi connectivity index (χ3n) is 5.14. The van der Waals surface area contributed by atoms with Crippen molar-refractivity contribution >= 4 is 5.91 Å². The fourth-order valence-electron chi connectivity index (χ4n) is 3.55. The highest BCUT2D eigenvalue weighted by Gasteiger charge is 2.50. The standard InChI is InChI=1S/C14H25N3O/c15-11-14(5-6-14)13(18)17-9-7-16(8-10-17)12-3-1-2-4-12/h12H,1-11,15H2. The summed E-state index contributed by atoms with van der Waals surface area (Å²) in [7, 11) is 0. The van der Waals surface area contributed by atoms with Crippen LogP contribution in [0.4, 0.5) is 0 Å². The van der Waals surface area contributed by atoms with Crippen LogP contribution in [0, 0.1) is 5.41 Å². The number of carbonyl (C=O) groups excluding carboxylic acids is 1. The van der Waals surface area contributed by atoms with E-state index in [0.29, 0.717) is 12.5 Å². The Balaban J connectivity index is 1.52. The van der Waals surface area contributed by atoms with E-state index in [4.69, 9.17) is 5.73 Å². The highest BCUT2D eigenvalue weighted by Crippen LogP contribution is 2.46. The predicted octanol–water partition coefficient (Wildman–Crippen LogP) is 0.812. The van der Waals surface area contributed by atoms with Crippen LogP contribution in [-0.4, -0.2) is 54.5 Å². The molecule has 0 aromatic rings. The molecule has 18 heavy (non-hydrogen) atoms. The zero-order valence-corrected chi connectivity index (χ0v) is 11.2. The molecule has 3 rings (SSSR count). The van der Waals surface area contributed by atoms with E-state index in [0.717, 1.165) is 45.1 Å². The Bertz CT molecular complexity index is 313. The van der Waals surface area contributed by atoms with Crippen LogP contribution in [-0.2, 0) is 4.79 Å². The van der Waals surface area contributed by atoms with E-state index < -0.39 is 0 Å². The first-order valence-corrected chi connectivity index (χ1v) is 7.49. The molecule has 1 saturated heterocycles. The molecular weight excluding hydrogens is 226 g/mol. The van der Waals surface area contributed by atoms with E-state index in [-0.39, 0.29) is 5.41 Å². The molecule has 0 spiro atoms. The van der Waals surface area contributed by atoms with Gasteiger partial charge in [-0.15, -0.1) is 0 Å². The molecule has 4 heteroatoms. The second kappa shape index (κ2) is 4.82. The number of carbonyl (C=O) groups is 1. The van der Waals surface area contributed by atoms with Gasteiger partial charge in [-0.1, -0.05) is 12.8 Å². The number of rotatable bonds is 3. The van der Waals surface area contributed by atoms with Crippen molar-refractivity contribution in [3.63, 3.8) is 0 Å². The van der Waals surface area contributed by atoms with E-state index in [1.54, 1.807) is 0 Å². The van der Waals surface area contributed by atoms with Crippen molar-refractivity contribution < 1.29 is 4.79 Å². The molecule has 0 aromatic carbocycles. The van der Waals surface area contributed by atoms with Crippen molar-refractivity contribution in [3.05, 3.63) is 0 Å². The Morgan fingerprint density at radius 3 is 2.22 bits per heavy atom. The fourth-order valence-corrected chi connectivity index (χ4v) is 3.55. The average molecular weight is 251 g/mol. The molecule has 102 valence electrons. The summed E-state index contributed by atoms with van der Waals surface area (Å²) in [6.45, 7) is 4.50. The fraction of sp³-hybridized carbons (Fsp3) is 0.929. The summed E-state index contributed by atoms with van der Waals surface area (Å²) in [5, 5.41) is 0. The van der Waals surface area contributed by atoms with E-state index >= 15 is 0 Å². The third-order valence-corrected chi connectivity index (χ3v) is 5.14. The van der Waals surface area contributed by atoms with Gasteiger partial charge < -0.3 is 10.6 Å². The number of hydrogen-bond donors (Lipinski definition) is 1. The maximum absolute atomic E-state index is 12.4. The van der Waals surface area contributed by atoms with Crippen LogP contribution in [0.2, 0.25) is 0 Å². The number of piperazine rings is 1. The lowest BCUT2D eigenvalue weighted by Gasteiger charge is -2.39. The van der Waals surface area contributed by atoms with E-state index in [1.165, 1.54) is 25.7 Å². The molecule has 0 unspecified atom stereocenters. The maximum Gasteiger partial charge on any atom is 0.230 e. The first kappa shape index (κ1) is 12.4. The van der Waals surface area contributed by atoms with Crippen molar-refractivity contribution in [2.45, 2.75) is 44.6 Å². The summed E-state index contributed by atoms with van der Waals surface area (Å²) in [5.74, 6) is 0.330. The second-order valence-electron chi connectivity index (χ2n) is 6.25. The molecule has 1 amide bonds. The average Bonchev–Trinajstić information content (AvgIpc) is 3.04. The molecule has 1 heterocycles. The van der Waals surface area contributed by atoms with Gasteiger partial charge >= 0.3 is 0 Å². The largest absolute Gasteiger partial charge is 0.340 e. The molecule has 0 aromatic heterocycles. The van der Waals surface area contributed by atoms with Crippen molar-refractivity contribution in [1.82, 2.24) is 9.80 Å². The number of nitrogens with two attached hydrogens (primary N) is 1. The monoisotopic (exact) mass is 251 g/mol. The smallest absolute Gasteiger partial charge is 0.230 e. The van der Waals surface area contributed by atoms with Crippen LogP contribution in [0.1, 0.15) is 38.5 Å². The number of amides is 1. The Labute approximate surface area is 109 Å². The second-order valence-corrected chi connectivity index (χ2v) is 6.25. The molecule has 1 aliphatic heterocycles. The molecule has 3 aliphatic rings. The van der Waals surface area contributed by atoms with Gasteiger partial charge in [0.15, 0.2) is 0 Å². The van der Waals surface area contributed by atoms with Crippen molar-refractivity contribution in [2.24, 2.45) is 11.1 Å². The molecule has 0 atom stereocenters. The molecule has 2 N–H and O–H groups in total. The van der Waals surface area contributed by atoms with Crippen molar-refractivity contribution in [1.29, 1.82) is 0 Å².